The van der Waals surface area contributed by atoms with E-state index in [-0.39, 0.29) is 11.3 Å². The molecule has 1 aliphatic rings. The lowest BCUT2D eigenvalue weighted by Crippen LogP contribution is -2.31. The highest BCUT2D eigenvalue weighted by atomic mass is 79.9. The van der Waals surface area contributed by atoms with Crippen molar-refractivity contribution >= 4 is 33.4 Å². The van der Waals surface area contributed by atoms with Crippen LogP contribution in [0.2, 0.25) is 0 Å². The monoisotopic (exact) mass is 549 g/mol. The quantitative estimate of drug-likeness (QED) is 0.158. The number of benzene rings is 3. The summed E-state index contributed by atoms with van der Waals surface area (Å²) in [6.45, 7) is 3.05. The van der Waals surface area contributed by atoms with E-state index in [9.17, 15) is 14.7 Å². The Hall–Kier alpha value is -3.42. The molecule has 1 atom stereocenters. The number of carbonyl (C=O) groups excluding carboxylic acids is 2. The molecule has 1 saturated heterocycles. The summed E-state index contributed by atoms with van der Waals surface area (Å²) < 4.78 is 11.9. The van der Waals surface area contributed by atoms with E-state index in [1.165, 1.54) is 4.90 Å². The third kappa shape index (κ3) is 5.53. The van der Waals surface area contributed by atoms with Crippen molar-refractivity contribution in [2.24, 2.45) is 0 Å². The van der Waals surface area contributed by atoms with Crippen LogP contribution in [0.4, 0.5) is 0 Å². The Bertz CT molecular complexity index is 1290. The van der Waals surface area contributed by atoms with Crippen molar-refractivity contribution in [1.82, 2.24) is 4.90 Å². The third-order valence-corrected chi connectivity index (χ3v) is 6.65. The Balaban J connectivity index is 1.69. The Kier molecular flexibility index (Phi) is 8.23. The number of hydrogen-bond donors (Lipinski definition) is 1. The van der Waals surface area contributed by atoms with Gasteiger partial charge in [-0.25, -0.2) is 0 Å². The zero-order chi connectivity index (χ0) is 25.7. The van der Waals surface area contributed by atoms with Crippen molar-refractivity contribution < 1.29 is 24.2 Å². The van der Waals surface area contributed by atoms with Gasteiger partial charge in [-0.15, -0.1) is 0 Å². The van der Waals surface area contributed by atoms with E-state index in [4.69, 9.17) is 9.47 Å². The number of ketones is 1. The lowest BCUT2D eigenvalue weighted by Gasteiger charge is -2.25. The van der Waals surface area contributed by atoms with Gasteiger partial charge in [0.15, 0.2) is 0 Å². The van der Waals surface area contributed by atoms with Gasteiger partial charge in [0.05, 0.1) is 11.6 Å². The number of hydrogen-bond acceptors (Lipinski definition) is 5. The maximum Gasteiger partial charge on any atom is 0.295 e. The molecule has 0 bridgehead atoms. The fourth-order valence-corrected chi connectivity index (χ4v) is 4.81. The maximum absolute atomic E-state index is 13.2. The molecule has 0 radical (unpaired) electrons. The number of nitrogens with zero attached hydrogens (tertiary/aromatic N) is 1. The SMILES string of the molecule is COCCCN1C(=O)C(=O)/C(=C(/O)c2ccc(OCc3ccccc3)cc2C)[C@@H]1c1cccc(Br)c1. The second-order valence-corrected chi connectivity index (χ2v) is 9.56. The van der Waals surface area contributed by atoms with Gasteiger partial charge in [0, 0.05) is 30.3 Å². The number of Topliss-reactive ketones (excluding diaryl/α,β-unsaturated/α-hetero) is 1. The van der Waals surface area contributed by atoms with E-state index < -0.39 is 17.7 Å². The van der Waals surface area contributed by atoms with E-state index in [0.717, 1.165) is 21.2 Å². The predicted octanol–water partition coefficient (Wildman–Crippen LogP) is 5.79. The van der Waals surface area contributed by atoms with E-state index in [2.05, 4.69) is 15.9 Å². The maximum atomic E-state index is 13.2. The number of aliphatic hydroxyl groups excluding tert-OH is 1. The topological polar surface area (TPSA) is 76.1 Å². The molecule has 1 amide bonds. The molecule has 0 aromatic heterocycles. The van der Waals surface area contributed by atoms with Crippen LogP contribution in [0.25, 0.3) is 5.76 Å². The number of aliphatic hydroxyl groups is 1. The van der Waals surface area contributed by atoms with Gasteiger partial charge in [0.25, 0.3) is 11.7 Å². The predicted molar refractivity (Wildman–Crippen MR) is 142 cm³/mol. The molecule has 3 aromatic carbocycles. The number of ether oxygens (including phenoxy) is 2. The van der Waals surface area contributed by atoms with Crippen molar-refractivity contribution in [2.75, 3.05) is 20.3 Å². The summed E-state index contributed by atoms with van der Waals surface area (Å²) in [5, 5.41) is 11.4. The Labute approximate surface area is 219 Å². The first-order valence-corrected chi connectivity index (χ1v) is 12.5. The van der Waals surface area contributed by atoms with Crippen LogP contribution in [0.5, 0.6) is 5.75 Å². The fourth-order valence-electron chi connectivity index (χ4n) is 4.39. The largest absolute Gasteiger partial charge is 0.507 e. The van der Waals surface area contributed by atoms with Gasteiger partial charge in [-0.2, -0.15) is 0 Å². The van der Waals surface area contributed by atoms with E-state index in [1.807, 2.05) is 67.6 Å². The minimum Gasteiger partial charge on any atom is -0.507 e. The summed E-state index contributed by atoms with van der Waals surface area (Å²) in [7, 11) is 1.59. The second-order valence-electron chi connectivity index (χ2n) is 8.64. The smallest absolute Gasteiger partial charge is 0.295 e. The number of aryl methyl sites for hydroxylation is 1. The van der Waals surface area contributed by atoms with Crippen LogP contribution in [0.15, 0.2) is 82.8 Å². The molecule has 1 N–H and O–H groups in total. The molecule has 36 heavy (non-hydrogen) atoms. The summed E-state index contributed by atoms with van der Waals surface area (Å²) in [6.07, 6.45) is 0.570. The first kappa shape index (κ1) is 25.7. The molecule has 6 nitrogen and oxygen atoms in total. The summed E-state index contributed by atoms with van der Waals surface area (Å²) in [6, 6.07) is 21.9. The minimum absolute atomic E-state index is 0.0802. The molecule has 0 spiro atoms. The van der Waals surface area contributed by atoms with E-state index in [0.29, 0.717) is 37.5 Å². The number of rotatable bonds is 9. The van der Waals surface area contributed by atoms with Crippen molar-refractivity contribution in [3.63, 3.8) is 0 Å². The first-order chi connectivity index (χ1) is 17.4. The fraction of sp³-hybridized carbons (Fsp3) is 0.241. The van der Waals surface area contributed by atoms with Gasteiger partial charge >= 0.3 is 0 Å². The van der Waals surface area contributed by atoms with Crippen LogP contribution in [0.1, 0.15) is 34.7 Å². The van der Waals surface area contributed by atoms with Gasteiger partial charge in [0.2, 0.25) is 0 Å². The van der Waals surface area contributed by atoms with Gasteiger partial charge in [-0.05, 0) is 60.4 Å². The summed E-state index contributed by atoms with van der Waals surface area (Å²) in [4.78, 5) is 27.7. The van der Waals surface area contributed by atoms with Crippen LogP contribution in [-0.2, 0) is 20.9 Å². The molecule has 1 aliphatic heterocycles. The van der Waals surface area contributed by atoms with Crippen LogP contribution in [0.3, 0.4) is 0 Å². The molecular formula is C29H28BrNO5. The van der Waals surface area contributed by atoms with Crippen molar-refractivity contribution in [3.05, 3.63) is 105 Å². The molecule has 186 valence electrons. The normalized spacial score (nSPS) is 17.0. The molecule has 0 aliphatic carbocycles. The molecule has 3 aromatic rings. The van der Waals surface area contributed by atoms with Gasteiger partial charge < -0.3 is 19.5 Å². The first-order valence-electron chi connectivity index (χ1n) is 11.7. The number of carbonyl (C=O) groups is 2. The van der Waals surface area contributed by atoms with Gasteiger partial charge in [-0.3, -0.25) is 9.59 Å². The average molecular weight is 550 g/mol. The zero-order valence-electron chi connectivity index (χ0n) is 20.2. The number of methoxy groups -OCH3 is 1. The second kappa shape index (κ2) is 11.5. The van der Waals surface area contributed by atoms with E-state index in [1.54, 1.807) is 19.2 Å². The highest BCUT2D eigenvalue weighted by Crippen LogP contribution is 2.40. The molecular weight excluding hydrogens is 522 g/mol. The van der Waals surface area contributed by atoms with Crippen LogP contribution < -0.4 is 4.74 Å². The van der Waals surface area contributed by atoms with Crippen molar-refractivity contribution in [3.8, 4) is 5.75 Å². The molecule has 7 heteroatoms. The lowest BCUT2D eigenvalue weighted by atomic mass is 9.94. The Morgan fingerprint density at radius 2 is 1.81 bits per heavy atom. The molecule has 4 rings (SSSR count). The zero-order valence-corrected chi connectivity index (χ0v) is 21.8. The molecule has 0 unspecified atom stereocenters. The molecule has 1 fully saturated rings. The summed E-state index contributed by atoms with van der Waals surface area (Å²) in [5.41, 5.74) is 3.08. The third-order valence-electron chi connectivity index (χ3n) is 6.15. The highest BCUT2D eigenvalue weighted by molar-refractivity contribution is 9.10. The number of likely N-dealkylation sites (tertiary alicyclic amines) is 1. The minimum atomic E-state index is -0.701. The van der Waals surface area contributed by atoms with Crippen LogP contribution in [-0.4, -0.2) is 42.0 Å². The van der Waals surface area contributed by atoms with Crippen molar-refractivity contribution in [2.45, 2.75) is 26.0 Å². The van der Waals surface area contributed by atoms with E-state index >= 15 is 0 Å². The number of halogens is 1. The standard InChI is InChI=1S/C29H28BrNO5/c1-19-16-23(36-18-20-8-4-3-5-9-20)12-13-24(19)27(32)25-26(21-10-6-11-22(30)17-21)31(14-7-15-35-2)29(34)28(25)33/h3-6,8-13,16-17,26,32H,7,14-15,18H2,1-2H3/b27-25+/t26-/m0/s1. The average Bonchev–Trinajstić information content (AvgIpc) is 3.13. The highest BCUT2D eigenvalue weighted by Gasteiger charge is 2.45. The van der Waals surface area contributed by atoms with Crippen LogP contribution in [0, 0.1) is 6.92 Å². The van der Waals surface area contributed by atoms with Gasteiger partial charge in [-0.1, -0.05) is 58.4 Å². The summed E-state index contributed by atoms with van der Waals surface area (Å²) >= 11 is 3.48. The molecule has 1 heterocycles. The number of amides is 1. The Morgan fingerprint density at radius 1 is 1.03 bits per heavy atom. The van der Waals surface area contributed by atoms with Gasteiger partial charge in [0.1, 0.15) is 18.1 Å². The molecule has 0 saturated carbocycles. The lowest BCUT2D eigenvalue weighted by molar-refractivity contribution is -0.140. The Morgan fingerprint density at radius 3 is 2.50 bits per heavy atom. The van der Waals surface area contributed by atoms with Crippen molar-refractivity contribution in [1.29, 1.82) is 0 Å². The summed E-state index contributed by atoms with van der Waals surface area (Å²) in [5.74, 6) is -0.868. The van der Waals surface area contributed by atoms with Crippen LogP contribution >= 0.6 is 15.9 Å².